The molecule has 0 aliphatic heterocycles. The Morgan fingerprint density at radius 2 is 1.35 bits per heavy atom. The highest BCUT2D eigenvalue weighted by atomic mass is 16.4. The molecule has 0 fully saturated rings. The van der Waals surface area contributed by atoms with E-state index in [1.807, 2.05) is 0 Å². The molecule has 5 N–H and O–H groups in total. The normalized spacial score (nSPS) is 13.0. The lowest BCUT2D eigenvalue weighted by Crippen LogP contribution is -2.51. The third-order valence-electron chi connectivity index (χ3n) is 4.17. The number of benzene rings is 2. The van der Waals surface area contributed by atoms with Gasteiger partial charge in [0.25, 0.3) is 0 Å². The van der Waals surface area contributed by atoms with Crippen LogP contribution in [0.4, 0.5) is 0 Å². The zero-order valence-corrected chi connectivity index (χ0v) is 14.4. The number of aromatic hydroxyl groups is 2. The second-order valence-electron chi connectivity index (χ2n) is 6.15. The molecule has 0 aliphatic rings. The molecule has 0 saturated carbocycles. The Morgan fingerprint density at radius 3 is 1.77 bits per heavy atom. The summed E-state index contributed by atoms with van der Waals surface area (Å²) in [5.41, 5.74) is 7.41. The first-order valence-electron chi connectivity index (χ1n) is 8.09. The van der Waals surface area contributed by atoms with E-state index in [2.05, 4.69) is 0 Å². The average molecular weight is 358 g/mol. The van der Waals surface area contributed by atoms with Crippen molar-refractivity contribution in [2.75, 3.05) is 7.05 Å². The van der Waals surface area contributed by atoms with E-state index in [4.69, 9.17) is 5.73 Å². The molecule has 0 spiro atoms. The third-order valence-corrected chi connectivity index (χ3v) is 4.17. The number of aliphatic carboxylic acids is 1. The molecule has 0 radical (unpaired) electrons. The number of nitrogens with two attached hydrogens (primary N) is 1. The summed E-state index contributed by atoms with van der Waals surface area (Å²) >= 11 is 0. The fourth-order valence-electron chi connectivity index (χ4n) is 2.63. The third kappa shape index (κ3) is 4.97. The van der Waals surface area contributed by atoms with Gasteiger partial charge in [-0.05, 0) is 41.8 Å². The number of rotatable bonds is 7. The van der Waals surface area contributed by atoms with Gasteiger partial charge in [-0.25, -0.2) is 4.79 Å². The molecule has 0 aromatic heterocycles. The van der Waals surface area contributed by atoms with E-state index in [1.165, 1.54) is 31.3 Å². The van der Waals surface area contributed by atoms with Crippen LogP contribution in [0, 0.1) is 0 Å². The van der Waals surface area contributed by atoms with Gasteiger partial charge in [0.05, 0.1) is 6.04 Å². The van der Waals surface area contributed by atoms with Crippen molar-refractivity contribution in [2.45, 2.75) is 24.9 Å². The first kappa shape index (κ1) is 19.3. The van der Waals surface area contributed by atoms with Crippen LogP contribution in [0.15, 0.2) is 48.5 Å². The van der Waals surface area contributed by atoms with E-state index in [1.54, 1.807) is 24.3 Å². The number of amides is 1. The second kappa shape index (κ2) is 8.35. The van der Waals surface area contributed by atoms with Gasteiger partial charge in [0.15, 0.2) is 0 Å². The number of nitrogens with zero attached hydrogens (tertiary/aromatic N) is 1. The number of carboxylic acids is 1. The van der Waals surface area contributed by atoms with E-state index >= 15 is 0 Å². The Bertz CT molecular complexity index is 759. The van der Waals surface area contributed by atoms with Crippen molar-refractivity contribution in [3.63, 3.8) is 0 Å². The van der Waals surface area contributed by atoms with Crippen molar-refractivity contribution < 1.29 is 24.9 Å². The highest BCUT2D eigenvalue weighted by molar-refractivity contribution is 5.87. The Kier molecular flexibility index (Phi) is 6.19. The minimum absolute atomic E-state index is 0.0842. The van der Waals surface area contributed by atoms with E-state index in [-0.39, 0.29) is 24.3 Å². The van der Waals surface area contributed by atoms with Crippen molar-refractivity contribution in [1.82, 2.24) is 4.90 Å². The highest BCUT2D eigenvalue weighted by Crippen LogP contribution is 2.15. The van der Waals surface area contributed by atoms with Crippen LogP contribution in [0.2, 0.25) is 0 Å². The van der Waals surface area contributed by atoms with Crippen LogP contribution in [0.1, 0.15) is 11.1 Å². The number of hydrogen-bond acceptors (Lipinski definition) is 5. The summed E-state index contributed by atoms with van der Waals surface area (Å²) in [5, 5.41) is 28.1. The SMILES string of the molecule is CN(C(=O)[C@@H](N)Cc1ccc(O)cc1)[C@@H](Cc1ccc(O)cc1)C(=O)O. The maximum Gasteiger partial charge on any atom is 0.326 e. The van der Waals surface area contributed by atoms with Gasteiger partial charge in [-0.3, -0.25) is 4.79 Å². The molecule has 7 nitrogen and oxygen atoms in total. The lowest BCUT2D eigenvalue weighted by molar-refractivity contribution is -0.149. The topological polar surface area (TPSA) is 124 Å². The Morgan fingerprint density at radius 1 is 0.923 bits per heavy atom. The number of phenols is 2. The predicted molar refractivity (Wildman–Crippen MR) is 95.8 cm³/mol. The molecule has 0 saturated heterocycles. The first-order chi connectivity index (χ1) is 12.3. The van der Waals surface area contributed by atoms with E-state index in [9.17, 15) is 24.9 Å². The standard InChI is InChI=1S/C19H22N2O5/c1-21(17(19(25)26)11-13-4-8-15(23)9-5-13)18(24)16(20)10-12-2-6-14(22)7-3-12/h2-9,16-17,22-23H,10-11,20H2,1H3,(H,25,26)/t16-,17-/m0/s1. The fraction of sp³-hybridized carbons (Fsp3) is 0.263. The fourth-order valence-corrected chi connectivity index (χ4v) is 2.63. The molecule has 7 heteroatoms. The molecule has 2 atom stereocenters. The second-order valence-corrected chi connectivity index (χ2v) is 6.15. The van der Waals surface area contributed by atoms with Crippen LogP contribution in [-0.4, -0.2) is 51.2 Å². The van der Waals surface area contributed by atoms with Gasteiger partial charge in [0, 0.05) is 13.5 Å². The molecule has 0 aliphatic carbocycles. The lowest BCUT2D eigenvalue weighted by Gasteiger charge is -2.27. The Hall–Kier alpha value is -3.06. The molecule has 2 rings (SSSR count). The van der Waals surface area contributed by atoms with Crippen molar-refractivity contribution in [1.29, 1.82) is 0 Å². The van der Waals surface area contributed by atoms with E-state index in [0.717, 1.165) is 10.5 Å². The highest BCUT2D eigenvalue weighted by Gasteiger charge is 2.29. The summed E-state index contributed by atoms with van der Waals surface area (Å²) < 4.78 is 0. The van der Waals surface area contributed by atoms with E-state index in [0.29, 0.717) is 5.56 Å². The van der Waals surface area contributed by atoms with Gasteiger partial charge < -0.3 is 26.0 Å². The summed E-state index contributed by atoms with van der Waals surface area (Å²) in [7, 11) is 1.41. The van der Waals surface area contributed by atoms with Crippen molar-refractivity contribution >= 4 is 11.9 Å². The number of likely N-dealkylation sites (N-methyl/N-ethyl adjacent to an activating group) is 1. The van der Waals surface area contributed by atoms with Crippen LogP contribution in [-0.2, 0) is 22.4 Å². The number of carboxylic acid groups (broad SMARTS) is 1. The lowest BCUT2D eigenvalue weighted by atomic mass is 10.0. The molecule has 2 aromatic rings. The number of hydrogen-bond donors (Lipinski definition) is 4. The molecular formula is C19H22N2O5. The zero-order chi connectivity index (χ0) is 19.3. The molecule has 0 heterocycles. The summed E-state index contributed by atoms with van der Waals surface area (Å²) in [4.78, 5) is 25.3. The largest absolute Gasteiger partial charge is 0.508 e. The monoisotopic (exact) mass is 358 g/mol. The average Bonchev–Trinajstić information content (AvgIpc) is 2.61. The summed E-state index contributed by atoms with van der Waals surface area (Å²) in [5.74, 6) is -1.42. The van der Waals surface area contributed by atoms with Crippen LogP contribution < -0.4 is 5.73 Å². The van der Waals surface area contributed by atoms with Crippen LogP contribution in [0.25, 0.3) is 0 Å². The van der Waals surface area contributed by atoms with Crippen LogP contribution in [0.5, 0.6) is 11.5 Å². The van der Waals surface area contributed by atoms with Gasteiger partial charge in [0.2, 0.25) is 5.91 Å². The van der Waals surface area contributed by atoms with E-state index < -0.39 is 24.0 Å². The van der Waals surface area contributed by atoms with Gasteiger partial charge >= 0.3 is 5.97 Å². The summed E-state index contributed by atoms with van der Waals surface area (Å²) in [6, 6.07) is 10.5. The first-order valence-corrected chi connectivity index (χ1v) is 8.09. The summed E-state index contributed by atoms with van der Waals surface area (Å²) in [6.45, 7) is 0. The predicted octanol–water partition coefficient (Wildman–Crippen LogP) is 1.12. The molecule has 1 amide bonds. The number of phenolic OH excluding ortho intramolecular Hbond substituents is 2. The minimum Gasteiger partial charge on any atom is -0.508 e. The minimum atomic E-state index is -1.13. The van der Waals surface area contributed by atoms with Gasteiger partial charge in [-0.1, -0.05) is 24.3 Å². The number of carbonyl (C=O) groups is 2. The zero-order valence-electron chi connectivity index (χ0n) is 14.4. The molecule has 26 heavy (non-hydrogen) atoms. The Balaban J connectivity index is 2.07. The van der Waals surface area contributed by atoms with Crippen molar-refractivity contribution in [3.8, 4) is 11.5 Å². The molecule has 138 valence electrons. The maximum absolute atomic E-state index is 12.6. The maximum atomic E-state index is 12.6. The summed E-state index contributed by atoms with van der Waals surface area (Å²) in [6.07, 6.45) is 0.332. The van der Waals surface area contributed by atoms with Crippen LogP contribution >= 0.6 is 0 Å². The van der Waals surface area contributed by atoms with Crippen LogP contribution in [0.3, 0.4) is 0 Å². The quantitative estimate of drug-likeness (QED) is 0.588. The molecule has 2 aromatic carbocycles. The van der Waals surface area contributed by atoms with Gasteiger partial charge in [0.1, 0.15) is 17.5 Å². The molecular weight excluding hydrogens is 336 g/mol. The Labute approximate surface area is 151 Å². The van der Waals surface area contributed by atoms with Gasteiger partial charge in [-0.15, -0.1) is 0 Å². The number of carbonyl (C=O) groups excluding carboxylic acids is 1. The van der Waals surface area contributed by atoms with Crippen molar-refractivity contribution in [3.05, 3.63) is 59.7 Å². The van der Waals surface area contributed by atoms with Crippen molar-refractivity contribution in [2.24, 2.45) is 5.73 Å². The molecule has 0 unspecified atom stereocenters. The smallest absolute Gasteiger partial charge is 0.326 e. The molecule has 0 bridgehead atoms. The van der Waals surface area contributed by atoms with Gasteiger partial charge in [-0.2, -0.15) is 0 Å².